The van der Waals surface area contributed by atoms with Crippen LogP contribution < -0.4 is 5.32 Å². The van der Waals surface area contributed by atoms with E-state index in [9.17, 15) is 4.79 Å². The van der Waals surface area contributed by atoms with Crippen molar-refractivity contribution in [3.63, 3.8) is 0 Å². The SMILES string of the molecule is O=C(O)C1CC(SCc2cnccn2)CN1. The Kier molecular flexibility index (Phi) is 3.74. The smallest absolute Gasteiger partial charge is 0.320 e. The van der Waals surface area contributed by atoms with Gasteiger partial charge in [0.1, 0.15) is 6.04 Å². The van der Waals surface area contributed by atoms with Crippen molar-refractivity contribution in [2.24, 2.45) is 0 Å². The standard InChI is InChI=1S/C10H13N3O2S/c14-10(15)9-3-8(5-13-9)16-6-7-4-11-1-2-12-7/h1-2,4,8-9,13H,3,5-6H2,(H,14,15). The van der Waals surface area contributed by atoms with Crippen LogP contribution in [0.5, 0.6) is 0 Å². The van der Waals surface area contributed by atoms with Crippen molar-refractivity contribution < 1.29 is 9.90 Å². The maximum atomic E-state index is 10.7. The summed E-state index contributed by atoms with van der Waals surface area (Å²) >= 11 is 1.73. The van der Waals surface area contributed by atoms with E-state index < -0.39 is 5.97 Å². The van der Waals surface area contributed by atoms with Crippen LogP contribution in [0.3, 0.4) is 0 Å². The zero-order chi connectivity index (χ0) is 11.4. The molecule has 2 N–H and O–H groups in total. The molecule has 1 aliphatic heterocycles. The monoisotopic (exact) mass is 239 g/mol. The normalized spacial score (nSPS) is 24.5. The highest BCUT2D eigenvalue weighted by molar-refractivity contribution is 7.99. The highest BCUT2D eigenvalue weighted by Crippen LogP contribution is 2.23. The Labute approximate surface area is 97.7 Å². The van der Waals surface area contributed by atoms with Gasteiger partial charge in [-0.1, -0.05) is 0 Å². The van der Waals surface area contributed by atoms with E-state index >= 15 is 0 Å². The molecule has 1 fully saturated rings. The van der Waals surface area contributed by atoms with Gasteiger partial charge in [0.25, 0.3) is 0 Å². The molecule has 5 nitrogen and oxygen atoms in total. The Morgan fingerprint density at radius 3 is 3.12 bits per heavy atom. The third kappa shape index (κ3) is 2.93. The van der Waals surface area contributed by atoms with Crippen molar-refractivity contribution in [1.82, 2.24) is 15.3 Å². The molecule has 86 valence electrons. The Balaban J connectivity index is 1.78. The molecule has 2 atom stereocenters. The molecule has 1 saturated heterocycles. The largest absolute Gasteiger partial charge is 0.480 e. The first-order valence-corrected chi connectivity index (χ1v) is 6.13. The number of nitrogens with one attached hydrogen (secondary N) is 1. The van der Waals surface area contributed by atoms with Crippen LogP contribution in [0.15, 0.2) is 18.6 Å². The molecule has 1 aliphatic rings. The molecular formula is C10H13N3O2S. The van der Waals surface area contributed by atoms with Gasteiger partial charge in [-0.25, -0.2) is 0 Å². The van der Waals surface area contributed by atoms with Gasteiger partial charge in [0.15, 0.2) is 0 Å². The fraction of sp³-hybridized carbons (Fsp3) is 0.500. The number of aromatic nitrogens is 2. The molecular weight excluding hydrogens is 226 g/mol. The second-order valence-corrected chi connectivity index (χ2v) is 4.95. The number of aliphatic carboxylic acids is 1. The molecule has 2 unspecified atom stereocenters. The third-order valence-electron chi connectivity index (χ3n) is 2.47. The number of carbonyl (C=O) groups is 1. The van der Waals surface area contributed by atoms with Crippen LogP contribution in [-0.4, -0.2) is 38.9 Å². The van der Waals surface area contributed by atoms with Crippen LogP contribution in [0.4, 0.5) is 0 Å². The van der Waals surface area contributed by atoms with Crippen molar-refractivity contribution in [3.8, 4) is 0 Å². The zero-order valence-electron chi connectivity index (χ0n) is 8.67. The topological polar surface area (TPSA) is 75.1 Å². The van der Waals surface area contributed by atoms with E-state index in [2.05, 4.69) is 15.3 Å². The van der Waals surface area contributed by atoms with E-state index in [4.69, 9.17) is 5.11 Å². The lowest BCUT2D eigenvalue weighted by molar-refractivity contribution is -0.139. The summed E-state index contributed by atoms with van der Waals surface area (Å²) < 4.78 is 0. The van der Waals surface area contributed by atoms with Gasteiger partial charge in [0.2, 0.25) is 0 Å². The number of carboxylic acids is 1. The molecule has 1 aromatic rings. The minimum absolute atomic E-state index is 0.350. The Hall–Kier alpha value is -1.14. The van der Waals surface area contributed by atoms with Crippen LogP contribution >= 0.6 is 11.8 Å². The molecule has 0 saturated carbocycles. The predicted octanol–water partition coefficient (Wildman–Crippen LogP) is 0.525. The summed E-state index contributed by atoms with van der Waals surface area (Å²) in [6.45, 7) is 0.752. The predicted molar refractivity (Wildman–Crippen MR) is 61.2 cm³/mol. The molecule has 2 heterocycles. The van der Waals surface area contributed by atoms with Crippen LogP contribution in [0.25, 0.3) is 0 Å². The lowest BCUT2D eigenvalue weighted by Crippen LogP contribution is -2.29. The van der Waals surface area contributed by atoms with Crippen LogP contribution in [0.1, 0.15) is 12.1 Å². The van der Waals surface area contributed by atoms with Gasteiger partial charge >= 0.3 is 5.97 Å². The van der Waals surface area contributed by atoms with Crippen molar-refractivity contribution in [1.29, 1.82) is 0 Å². The maximum Gasteiger partial charge on any atom is 0.320 e. The van der Waals surface area contributed by atoms with Crippen molar-refractivity contribution >= 4 is 17.7 Å². The summed E-state index contributed by atoms with van der Waals surface area (Å²) in [5, 5.41) is 12.2. The molecule has 0 bridgehead atoms. The van der Waals surface area contributed by atoms with Crippen molar-refractivity contribution in [3.05, 3.63) is 24.3 Å². The fourth-order valence-corrected chi connectivity index (χ4v) is 2.72. The van der Waals surface area contributed by atoms with Crippen molar-refractivity contribution in [2.75, 3.05) is 6.54 Å². The number of hydrogen-bond acceptors (Lipinski definition) is 5. The summed E-state index contributed by atoms with van der Waals surface area (Å²) in [4.78, 5) is 18.9. The minimum atomic E-state index is -0.761. The van der Waals surface area contributed by atoms with Gasteiger partial charge in [-0.2, -0.15) is 11.8 Å². The summed E-state index contributed by atoms with van der Waals surface area (Å²) in [7, 11) is 0. The lowest BCUT2D eigenvalue weighted by atomic mass is 10.2. The molecule has 0 spiro atoms. The Bertz CT molecular complexity index is 360. The summed E-state index contributed by atoms with van der Waals surface area (Å²) in [6, 6.07) is -0.389. The van der Waals surface area contributed by atoms with E-state index in [1.54, 1.807) is 30.4 Å². The number of rotatable bonds is 4. The highest BCUT2D eigenvalue weighted by Gasteiger charge is 2.29. The number of nitrogens with zero attached hydrogens (tertiary/aromatic N) is 2. The van der Waals surface area contributed by atoms with Gasteiger partial charge in [-0.3, -0.25) is 14.8 Å². The first kappa shape index (κ1) is 11.3. The lowest BCUT2D eigenvalue weighted by Gasteiger charge is -2.07. The molecule has 0 aliphatic carbocycles. The summed E-state index contributed by atoms with van der Waals surface area (Å²) in [6.07, 6.45) is 5.74. The average Bonchev–Trinajstić information content (AvgIpc) is 2.76. The second kappa shape index (κ2) is 5.27. The van der Waals surface area contributed by atoms with Crippen LogP contribution in [-0.2, 0) is 10.5 Å². The first-order valence-electron chi connectivity index (χ1n) is 5.08. The Morgan fingerprint density at radius 2 is 2.50 bits per heavy atom. The molecule has 1 aromatic heterocycles. The third-order valence-corrected chi connectivity index (χ3v) is 3.77. The van der Waals surface area contributed by atoms with Crippen LogP contribution in [0, 0.1) is 0 Å². The zero-order valence-corrected chi connectivity index (χ0v) is 9.48. The number of thioether (sulfide) groups is 1. The van der Waals surface area contributed by atoms with Gasteiger partial charge in [-0.15, -0.1) is 0 Å². The van der Waals surface area contributed by atoms with E-state index in [-0.39, 0.29) is 6.04 Å². The van der Waals surface area contributed by atoms with Gasteiger partial charge in [0.05, 0.1) is 5.69 Å². The molecule has 2 rings (SSSR count). The van der Waals surface area contributed by atoms with Gasteiger partial charge in [-0.05, 0) is 6.42 Å². The van der Waals surface area contributed by atoms with Gasteiger partial charge < -0.3 is 10.4 Å². The molecule has 0 amide bonds. The van der Waals surface area contributed by atoms with Crippen LogP contribution in [0.2, 0.25) is 0 Å². The average molecular weight is 239 g/mol. The summed E-state index contributed by atoms with van der Waals surface area (Å²) in [5.41, 5.74) is 0.936. The molecule has 0 radical (unpaired) electrons. The van der Waals surface area contributed by atoms with E-state index in [1.807, 2.05) is 0 Å². The van der Waals surface area contributed by atoms with Crippen molar-refractivity contribution in [2.45, 2.75) is 23.5 Å². The van der Waals surface area contributed by atoms with Gasteiger partial charge in [0, 0.05) is 36.1 Å². The molecule has 0 aromatic carbocycles. The highest BCUT2D eigenvalue weighted by atomic mass is 32.2. The summed E-state index contributed by atoms with van der Waals surface area (Å²) in [5.74, 6) is 0.0228. The Morgan fingerprint density at radius 1 is 1.62 bits per heavy atom. The number of carboxylic acid groups (broad SMARTS) is 1. The molecule has 6 heteroatoms. The van der Waals surface area contributed by atoms with E-state index in [1.165, 1.54) is 0 Å². The minimum Gasteiger partial charge on any atom is -0.480 e. The number of hydrogen-bond donors (Lipinski definition) is 2. The second-order valence-electron chi connectivity index (χ2n) is 3.66. The maximum absolute atomic E-state index is 10.7. The van der Waals surface area contributed by atoms with E-state index in [0.717, 1.165) is 18.0 Å². The fourth-order valence-electron chi connectivity index (χ4n) is 1.63. The first-order chi connectivity index (χ1) is 7.75. The quantitative estimate of drug-likeness (QED) is 0.798. The molecule has 16 heavy (non-hydrogen) atoms. The van der Waals surface area contributed by atoms with E-state index in [0.29, 0.717) is 11.7 Å².